The van der Waals surface area contributed by atoms with Gasteiger partial charge in [0.25, 0.3) is 0 Å². The molecule has 1 aromatic rings. The van der Waals surface area contributed by atoms with Gasteiger partial charge in [-0.1, -0.05) is 13.3 Å². The minimum Gasteiger partial charge on any atom is -0.481 e. The highest BCUT2D eigenvalue weighted by atomic mass is 32.1. The number of aryl methyl sites for hydroxylation is 1. The van der Waals surface area contributed by atoms with Crippen molar-refractivity contribution in [2.45, 2.75) is 58.0 Å². The van der Waals surface area contributed by atoms with Crippen LogP contribution < -0.4 is 0 Å². The second-order valence-electron chi connectivity index (χ2n) is 5.20. The third-order valence-corrected chi connectivity index (χ3v) is 4.54. The van der Waals surface area contributed by atoms with E-state index in [1.165, 1.54) is 11.4 Å². The van der Waals surface area contributed by atoms with Crippen molar-refractivity contribution in [3.05, 3.63) is 16.1 Å². The second kappa shape index (κ2) is 7.01. The maximum atomic E-state index is 10.9. The van der Waals surface area contributed by atoms with E-state index in [0.29, 0.717) is 0 Å². The van der Waals surface area contributed by atoms with Crippen LogP contribution in [0.4, 0.5) is 0 Å². The number of likely N-dealkylation sites (tertiary alicyclic amines) is 1. The Bertz CT molecular complexity index is 419. The molecule has 106 valence electrons. The molecule has 1 aliphatic heterocycles. The van der Waals surface area contributed by atoms with Crippen LogP contribution in [0.5, 0.6) is 0 Å². The highest BCUT2D eigenvalue weighted by molar-refractivity contribution is 7.09. The number of carboxylic acid groups (broad SMARTS) is 1. The normalized spacial score (nSPS) is 20.6. The SMILES string of the molecule is CCCc1nc(CN2CCCCC2CC(=O)O)cs1. The van der Waals surface area contributed by atoms with Gasteiger partial charge in [-0.3, -0.25) is 9.69 Å². The van der Waals surface area contributed by atoms with Crippen molar-refractivity contribution in [2.75, 3.05) is 6.54 Å². The average Bonchev–Trinajstić information content (AvgIpc) is 2.79. The first-order chi connectivity index (χ1) is 9.19. The van der Waals surface area contributed by atoms with Crippen molar-refractivity contribution in [1.29, 1.82) is 0 Å². The van der Waals surface area contributed by atoms with Gasteiger partial charge in [-0.2, -0.15) is 0 Å². The van der Waals surface area contributed by atoms with E-state index in [1.807, 2.05) is 0 Å². The maximum Gasteiger partial charge on any atom is 0.304 e. The number of thiazole rings is 1. The first-order valence-corrected chi connectivity index (χ1v) is 7.96. The lowest BCUT2D eigenvalue weighted by atomic mass is 9.99. The summed E-state index contributed by atoms with van der Waals surface area (Å²) < 4.78 is 0. The molecule has 2 heterocycles. The van der Waals surface area contributed by atoms with Crippen molar-refractivity contribution >= 4 is 17.3 Å². The minimum absolute atomic E-state index is 0.183. The lowest BCUT2D eigenvalue weighted by Crippen LogP contribution is -2.40. The van der Waals surface area contributed by atoms with E-state index in [1.54, 1.807) is 11.3 Å². The van der Waals surface area contributed by atoms with Gasteiger partial charge < -0.3 is 5.11 Å². The molecule has 2 rings (SSSR count). The van der Waals surface area contributed by atoms with E-state index in [9.17, 15) is 4.79 Å². The number of aliphatic carboxylic acids is 1. The number of aromatic nitrogens is 1. The predicted molar refractivity (Wildman–Crippen MR) is 76.4 cm³/mol. The van der Waals surface area contributed by atoms with Crippen molar-refractivity contribution in [3.8, 4) is 0 Å². The van der Waals surface area contributed by atoms with Crippen molar-refractivity contribution in [2.24, 2.45) is 0 Å². The molecule has 0 saturated carbocycles. The van der Waals surface area contributed by atoms with Gasteiger partial charge in [-0.25, -0.2) is 4.98 Å². The summed E-state index contributed by atoms with van der Waals surface area (Å²) in [5.41, 5.74) is 1.10. The van der Waals surface area contributed by atoms with Gasteiger partial charge in [0.05, 0.1) is 17.1 Å². The number of hydrogen-bond acceptors (Lipinski definition) is 4. The number of carbonyl (C=O) groups is 1. The molecule has 0 spiro atoms. The van der Waals surface area contributed by atoms with Gasteiger partial charge in [0.15, 0.2) is 0 Å². The van der Waals surface area contributed by atoms with Crippen LogP contribution >= 0.6 is 11.3 Å². The van der Waals surface area contributed by atoms with Gasteiger partial charge in [0, 0.05) is 18.0 Å². The Morgan fingerprint density at radius 3 is 3.16 bits per heavy atom. The molecular weight excluding hydrogens is 260 g/mol. The summed E-state index contributed by atoms with van der Waals surface area (Å²) >= 11 is 1.72. The summed E-state index contributed by atoms with van der Waals surface area (Å²) in [5.74, 6) is -0.693. The number of rotatable bonds is 6. The summed E-state index contributed by atoms with van der Waals surface area (Å²) in [4.78, 5) is 17.8. The fourth-order valence-corrected chi connectivity index (χ4v) is 3.55. The lowest BCUT2D eigenvalue weighted by molar-refractivity contribution is -0.138. The molecule has 1 aromatic heterocycles. The van der Waals surface area contributed by atoms with Gasteiger partial charge in [0.1, 0.15) is 0 Å². The highest BCUT2D eigenvalue weighted by Gasteiger charge is 2.25. The number of carboxylic acids is 1. The molecule has 1 atom stereocenters. The molecule has 4 nitrogen and oxygen atoms in total. The summed E-state index contributed by atoms with van der Waals surface area (Å²) in [6.07, 6.45) is 5.74. The van der Waals surface area contributed by atoms with Crippen molar-refractivity contribution < 1.29 is 9.90 Å². The van der Waals surface area contributed by atoms with E-state index in [-0.39, 0.29) is 12.5 Å². The van der Waals surface area contributed by atoms with E-state index in [4.69, 9.17) is 5.11 Å². The molecule has 0 aliphatic carbocycles. The standard InChI is InChI=1S/C14H22N2O2S/c1-2-5-13-15-11(10-19-13)9-16-7-4-3-6-12(16)8-14(17)18/h10,12H,2-9H2,1H3,(H,17,18). The zero-order valence-electron chi connectivity index (χ0n) is 11.5. The minimum atomic E-state index is -0.693. The molecule has 5 heteroatoms. The van der Waals surface area contributed by atoms with Crippen LogP contribution in [0.15, 0.2) is 5.38 Å². The Morgan fingerprint density at radius 2 is 2.42 bits per heavy atom. The molecule has 1 fully saturated rings. The molecule has 1 N–H and O–H groups in total. The summed E-state index contributed by atoms with van der Waals surface area (Å²) in [5, 5.41) is 12.3. The Kier molecular flexibility index (Phi) is 5.34. The van der Waals surface area contributed by atoms with Crippen LogP contribution in [0.25, 0.3) is 0 Å². The van der Waals surface area contributed by atoms with Gasteiger partial charge in [-0.15, -0.1) is 11.3 Å². The smallest absolute Gasteiger partial charge is 0.304 e. The molecule has 0 bridgehead atoms. The van der Waals surface area contributed by atoms with Gasteiger partial charge in [0.2, 0.25) is 0 Å². The predicted octanol–water partition coefficient (Wildman–Crippen LogP) is 2.92. The van der Waals surface area contributed by atoms with E-state index in [2.05, 4.69) is 22.2 Å². The Labute approximate surface area is 118 Å². The molecule has 0 aromatic carbocycles. The number of nitrogens with zero attached hydrogens (tertiary/aromatic N) is 2. The van der Waals surface area contributed by atoms with Crippen LogP contribution in [-0.4, -0.2) is 33.5 Å². The topological polar surface area (TPSA) is 53.4 Å². The Morgan fingerprint density at radius 1 is 1.58 bits per heavy atom. The van der Waals surface area contributed by atoms with E-state index >= 15 is 0 Å². The number of piperidine rings is 1. The monoisotopic (exact) mass is 282 g/mol. The third kappa shape index (κ3) is 4.28. The van der Waals surface area contributed by atoms with Gasteiger partial charge >= 0.3 is 5.97 Å². The summed E-state index contributed by atoms with van der Waals surface area (Å²) in [7, 11) is 0. The summed E-state index contributed by atoms with van der Waals surface area (Å²) in [6, 6.07) is 0.183. The molecule has 1 saturated heterocycles. The largest absolute Gasteiger partial charge is 0.481 e. The maximum absolute atomic E-state index is 10.9. The van der Waals surface area contributed by atoms with Crippen LogP contribution in [-0.2, 0) is 17.8 Å². The number of hydrogen-bond donors (Lipinski definition) is 1. The zero-order valence-corrected chi connectivity index (χ0v) is 12.3. The third-order valence-electron chi connectivity index (χ3n) is 3.59. The Hall–Kier alpha value is -0.940. The van der Waals surface area contributed by atoms with Crippen LogP contribution in [0.1, 0.15) is 49.7 Å². The summed E-state index contributed by atoms with van der Waals surface area (Å²) in [6.45, 7) is 3.96. The molecular formula is C14H22N2O2S. The lowest BCUT2D eigenvalue weighted by Gasteiger charge is -2.34. The van der Waals surface area contributed by atoms with Crippen molar-refractivity contribution in [3.63, 3.8) is 0 Å². The average molecular weight is 282 g/mol. The molecule has 0 amide bonds. The second-order valence-corrected chi connectivity index (χ2v) is 6.14. The molecule has 1 aliphatic rings. The fraction of sp³-hybridized carbons (Fsp3) is 0.714. The van der Waals surface area contributed by atoms with Crippen LogP contribution in [0, 0.1) is 0 Å². The fourth-order valence-electron chi connectivity index (χ4n) is 2.66. The van der Waals surface area contributed by atoms with Gasteiger partial charge in [-0.05, 0) is 32.2 Å². The van der Waals surface area contributed by atoms with Crippen molar-refractivity contribution in [1.82, 2.24) is 9.88 Å². The van der Waals surface area contributed by atoms with E-state index < -0.39 is 5.97 Å². The van der Waals surface area contributed by atoms with E-state index in [0.717, 1.165) is 44.5 Å². The zero-order chi connectivity index (χ0) is 13.7. The molecule has 0 radical (unpaired) electrons. The molecule has 19 heavy (non-hydrogen) atoms. The quantitative estimate of drug-likeness (QED) is 0.871. The first-order valence-electron chi connectivity index (χ1n) is 7.08. The van der Waals surface area contributed by atoms with Crippen LogP contribution in [0.3, 0.4) is 0 Å². The Balaban J connectivity index is 1.95. The van der Waals surface area contributed by atoms with Crippen LogP contribution in [0.2, 0.25) is 0 Å². The molecule has 1 unspecified atom stereocenters. The first kappa shape index (κ1) is 14.5. The highest BCUT2D eigenvalue weighted by Crippen LogP contribution is 2.23.